The van der Waals surface area contributed by atoms with E-state index in [1.165, 1.54) is 32.1 Å². The summed E-state index contributed by atoms with van der Waals surface area (Å²) < 4.78 is 0. The fraction of sp³-hybridized carbons (Fsp3) is 1.00. The number of hydrogen-bond acceptors (Lipinski definition) is 0. The molecule has 78 valence electrons. The highest BCUT2D eigenvalue weighted by Gasteiger charge is 2.35. The molecule has 0 saturated heterocycles. The summed E-state index contributed by atoms with van der Waals surface area (Å²) >= 11 is 0. The SMILES string of the molecule is CCC1(C)CCCC(C(C)(C)C)C1. The van der Waals surface area contributed by atoms with E-state index in [0.717, 1.165) is 5.92 Å². The zero-order valence-corrected chi connectivity index (χ0v) is 10.1. The quantitative estimate of drug-likeness (QED) is 0.554. The van der Waals surface area contributed by atoms with Gasteiger partial charge < -0.3 is 0 Å². The third kappa shape index (κ3) is 2.72. The van der Waals surface area contributed by atoms with Gasteiger partial charge in [-0.2, -0.15) is 0 Å². The second-order valence-electron chi connectivity index (χ2n) is 6.32. The van der Waals surface area contributed by atoms with Crippen molar-refractivity contribution in [1.29, 1.82) is 0 Å². The molecule has 13 heavy (non-hydrogen) atoms. The van der Waals surface area contributed by atoms with Gasteiger partial charge in [0.25, 0.3) is 0 Å². The van der Waals surface area contributed by atoms with Gasteiger partial charge in [0.15, 0.2) is 0 Å². The maximum absolute atomic E-state index is 2.48. The normalized spacial score (nSPS) is 36.2. The van der Waals surface area contributed by atoms with Crippen molar-refractivity contribution in [2.45, 2.75) is 66.7 Å². The van der Waals surface area contributed by atoms with Crippen molar-refractivity contribution < 1.29 is 0 Å². The Morgan fingerprint density at radius 2 is 1.92 bits per heavy atom. The molecule has 1 aliphatic rings. The van der Waals surface area contributed by atoms with Crippen molar-refractivity contribution >= 4 is 0 Å². The van der Waals surface area contributed by atoms with Crippen LogP contribution >= 0.6 is 0 Å². The minimum atomic E-state index is 0.525. The molecule has 2 atom stereocenters. The Kier molecular flexibility index (Phi) is 3.09. The summed E-state index contributed by atoms with van der Waals surface area (Å²) in [5.74, 6) is 0.950. The number of hydrogen-bond donors (Lipinski definition) is 0. The molecule has 0 nitrogen and oxygen atoms in total. The van der Waals surface area contributed by atoms with Gasteiger partial charge in [0.1, 0.15) is 0 Å². The highest BCUT2D eigenvalue weighted by atomic mass is 14.4. The van der Waals surface area contributed by atoms with Crippen LogP contribution in [-0.4, -0.2) is 0 Å². The number of rotatable bonds is 1. The van der Waals surface area contributed by atoms with Gasteiger partial charge in [-0.1, -0.05) is 47.5 Å². The summed E-state index contributed by atoms with van der Waals surface area (Å²) in [7, 11) is 0. The first-order valence-corrected chi connectivity index (χ1v) is 5.87. The summed E-state index contributed by atoms with van der Waals surface area (Å²) in [4.78, 5) is 0. The summed E-state index contributed by atoms with van der Waals surface area (Å²) in [5.41, 5.74) is 1.17. The molecule has 0 heteroatoms. The van der Waals surface area contributed by atoms with Gasteiger partial charge in [-0.15, -0.1) is 0 Å². The van der Waals surface area contributed by atoms with Crippen LogP contribution in [0.4, 0.5) is 0 Å². The first-order valence-electron chi connectivity index (χ1n) is 5.87. The van der Waals surface area contributed by atoms with Crippen LogP contribution in [0.25, 0.3) is 0 Å². The van der Waals surface area contributed by atoms with E-state index in [1.54, 1.807) is 0 Å². The van der Waals surface area contributed by atoms with Crippen molar-refractivity contribution in [2.24, 2.45) is 16.7 Å². The monoisotopic (exact) mass is 182 g/mol. The van der Waals surface area contributed by atoms with Crippen LogP contribution in [0.1, 0.15) is 66.7 Å². The van der Waals surface area contributed by atoms with E-state index in [-0.39, 0.29) is 0 Å². The van der Waals surface area contributed by atoms with Crippen LogP contribution in [0.2, 0.25) is 0 Å². The molecule has 1 fully saturated rings. The van der Waals surface area contributed by atoms with Gasteiger partial charge in [0.05, 0.1) is 0 Å². The average molecular weight is 182 g/mol. The lowest BCUT2D eigenvalue weighted by atomic mass is 9.62. The predicted molar refractivity (Wildman–Crippen MR) is 59.8 cm³/mol. The molecule has 1 saturated carbocycles. The molecule has 0 N–H and O–H groups in total. The zero-order valence-electron chi connectivity index (χ0n) is 10.1. The fourth-order valence-corrected chi connectivity index (χ4v) is 2.63. The highest BCUT2D eigenvalue weighted by Crippen LogP contribution is 2.47. The third-order valence-electron chi connectivity index (χ3n) is 4.15. The van der Waals surface area contributed by atoms with Crippen LogP contribution in [-0.2, 0) is 0 Å². The van der Waals surface area contributed by atoms with Gasteiger partial charge in [-0.3, -0.25) is 0 Å². The van der Waals surface area contributed by atoms with Crippen molar-refractivity contribution in [2.75, 3.05) is 0 Å². The van der Waals surface area contributed by atoms with E-state index < -0.39 is 0 Å². The van der Waals surface area contributed by atoms with Crippen LogP contribution in [0.3, 0.4) is 0 Å². The molecule has 0 aromatic rings. The molecule has 0 heterocycles. The van der Waals surface area contributed by atoms with Crippen molar-refractivity contribution in [3.05, 3.63) is 0 Å². The van der Waals surface area contributed by atoms with E-state index in [0.29, 0.717) is 10.8 Å². The molecule has 0 spiro atoms. The van der Waals surface area contributed by atoms with Crippen LogP contribution in [0.5, 0.6) is 0 Å². The average Bonchev–Trinajstić information content (AvgIpc) is 2.03. The van der Waals surface area contributed by atoms with Gasteiger partial charge in [0.2, 0.25) is 0 Å². The van der Waals surface area contributed by atoms with Crippen molar-refractivity contribution in [1.82, 2.24) is 0 Å². The van der Waals surface area contributed by atoms with Crippen molar-refractivity contribution in [3.63, 3.8) is 0 Å². The Hall–Kier alpha value is 0. The largest absolute Gasteiger partial charge is 0.0649 e. The minimum Gasteiger partial charge on any atom is -0.0649 e. The van der Waals surface area contributed by atoms with E-state index in [2.05, 4.69) is 34.6 Å². The molecule has 1 rings (SSSR count). The second-order valence-corrected chi connectivity index (χ2v) is 6.32. The first-order chi connectivity index (χ1) is 5.87. The molecule has 0 radical (unpaired) electrons. The third-order valence-corrected chi connectivity index (χ3v) is 4.15. The topological polar surface area (TPSA) is 0 Å². The Bertz CT molecular complexity index is 163. The second kappa shape index (κ2) is 3.63. The minimum absolute atomic E-state index is 0.525. The molecular formula is C13H26. The lowest BCUT2D eigenvalue weighted by Crippen LogP contribution is -2.32. The molecule has 1 aliphatic carbocycles. The molecule has 0 bridgehead atoms. The molecular weight excluding hydrogens is 156 g/mol. The van der Waals surface area contributed by atoms with Gasteiger partial charge >= 0.3 is 0 Å². The van der Waals surface area contributed by atoms with Crippen molar-refractivity contribution in [3.8, 4) is 0 Å². The summed E-state index contributed by atoms with van der Waals surface area (Å²) in [5, 5.41) is 0. The molecule has 0 aliphatic heterocycles. The van der Waals surface area contributed by atoms with Gasteiger partial charge in [-0.25, -0.2) is 0 Å². The lowest BCUT2D eigenvalue weighted by Gasteiger charge is -2.43. The van der Waals surface area contributed by atoms with Gasteiger partial charge in [0, 0.05) is 0 Å². The molecule has 2 unspecified atom stereocenters. The molecule has 0 amide bonds. The van der Waals surface area contributed by atoms with E-state index in [9.17, 15) is 0 Å². The summed E-state index contributed by atoms with van der Waals surface area (Å²) in [6, 6.07) is 0. The van der Waals surface area contributed by atoms with Crippen LogP contribution < -0.4 is 0 Å². The molecule has 0 aromatic heterocycles. The van der Waals surface area contributed by atoms with E-state index in [4.69, 9.17) is 0 Å². The summed E-state index contributed by atoms with van der Waals surface area (Å²) in [6.07, 6.45) is 7.17. The van der Waals surface area contributed by atoms with Crippen LogP contribution in [0.15, 0.2) is 0 Å². The Balaban J connectivity index is 2.62. The predicted octanol–water partition coefficient (Wildman–Crippen LogP) is 4.64. The van der Waals surface area contributed by atoms with E-state index >= 15 is 0 Å². The first kappa shape index (κ1) is 11.1. The zero-order chi connectivity index (χ0) is 10.1. The van der Waals surface area contributed by atoms with Gasteiger partial charge in [-0.05, 0) is 36.0 Å². The van der Waals surface area contributed by atoms with E-state index in [1.807, 2.05) is 0 Å². The Morgan fingerprint density at radius 1 is 1.31 bits per heavy atom. The lowest BCUT2D eigenvalue weighted by molar-refractivity contribution is 0.0807. The smallest absolute Gasteiger partial charge is 0.0326 e. The maximum atomic E-state index is 2.48. The standard InChI is InChI=1S/C13H26/c1-6-13(5)9-7-8-11(10-13)12(2,3)4/h11H,6-10H2,1-5H3. The maximum Gasteiger partial charge on any atom is -0.0326 e. The Morgan fingerprint density at radius 3 is 2.38 bits per heavy atom. The molecule has 0 aromatic carbocycles. The summed E-state index contributed by atoms with van der Waals surface area (Å²) in [6.45, 7) is 12.0. The van der Waals surface area contributed by atoms with Crippen LogP contribution in [0, 0.1) is 16.7 Å². The highest BCUT2D eigenvalue weighted by molar-refractivity contribution is 4.86. The fourth-order valence-electron chi connectivity index (χ4n) is 2.63. The Labute approximate surface area is 84.1 Å².